The first-order valence-electron chi connectivity index (χ1n) is 10.3. The summed E-state index contributed by atoms with van der Waals surface area (Å²) in [6, 6.07) is 18.2. The Labute approximate surface area is 167 Å². The second kappa shape index (κ2) is 8.06. The highest BCUT2D eigenvalue weighted by Gasteiger charge is 2.42. The molecule has 0 bridgehead atoms. The van der Waals surface area contributed by atoms with E-state index in [0.29, 0.717) is 11.3 Å². The minimum atomic E-state index is 0.0107. The maximum absolute atomic E-state index is 12.9. The normalized spacial score (nSPS) is 22.4. The molecule has 4 nitrogen and oxygen atoms in total. The Balaban J connectivity index is 1.42. The van der Waals surface area contributed by atoms with Gasteiger partial charge in [-0.15, -0.1) is 0 Å². The summed E-state index contributed by atoms with van der Waals surface area (Å²) in [5.74, 6) is 0.691. The van der Waals surface area contributed by atoms with E-state index in [2.05, 4.69) is 42.3 Å². The molecule has 2 aromatic rings. The lowest BCUT2D eigenvalue weighted by atomic mass is 9.68. The first kappa shape index (κ1) is 19.2. The number of likely N-dealkylation sites (N-methyl/N-ethyl adjacent to an activating group) is 1. The number of hydrogen-bond acceptors (Lipinski definition) is 3. The van der Waals surface area contributed by atoms with Gasteiger partial charge in [0.1, 0.15) is 0 Å². The number of aliphatic hydroxyl groups is 1. The van der Waals surface area contributed by atoms with E-state index in [0.717, 1.165) is 50.1 Å². The van der Waals surface area contributed by atoms with Gasteiger partial charge in [-0.1, -0.05) is 42.5 Å². The second-order valence-electron chi connectivity index (χ2n) is 8.66. The molecule has 2 aliphatic rings. The number of carbonyl (C=O) groups is 1. The number of hydrogen-bond donors (Lipinski definition) is 1. The van der Waals surface area contributed by atoms with Crippen LogP contribution >= 0.6 is 0 Å². The predicted molar refractivity (Wildman–Crippen MR) is 111 cm³/mol. The number of piperidine rings is 2. The predicted octanol–water partition coefficient (Wildman–Crippen LogP) is 3.52. The van der Waals surface area contributed by atoms with Gasteiger partial charge in [-0.2, -0.15) is 0 Å². The Morgan fingerprint density at radius 2 is 1.75 bits per heavy atom. The van der Waals surface area contributed by atoms with Crippen molar-refractivity contribution in [1.82, 2.24) is 9.80 Å². The lowest BCUT2D eigenvalue weighted by Crippen LogP contribution is -2.51. The fourth-order valence-corrected chi connectivity index (χ4v) is 5.10. The number of benzene rings is 2. The Bertz CT molecular complexity index is 795. The molecule has 1 amide bonds. The molecule has 0 radical (unpaired) electrons. The molecule has 2 fully saturated rings. The summed E-state index contributed by atoms with van der Waals surface area (Å²) in [6.07, 6.45) is 3.36. The van der Waals surface area contributed by atoms with E-state index < -0.39 is 0 Å². The Morgan fingerprint density at radius 1 is 1.07 bits per heavy atom. The Hall–Kier alpha value is -2.17. The van der Waals surface area contributed by atoms with E-state index in [1.807, 2.05) is 29.2 Å². The van der Waals surface area contributed by atoms with Crippen LogP contribution < -0.4 is 0 Å². The van der Waals surface area contributed by atoms with E-state index in [-0.39, 0.29) is 12.5 Å². The molecule has 0 unspecified atom stereocenters. The largest absolute Gasteiger partial charge is 0.392 e. The van der Waals surface area contributed by atoms with E-state index in [1.165, 1.54) is 12.0 Å². The fraction of sp³-hybridized carbons (Fsp3) is 0.458. The van der Waals surface area contributed by atoms with Gasteiger partial charge < -0.3 is 14.9 Å². The average Bonchev–Trinajstić information content (AvgIpc) is 2.74. The van der Waals surface area contributed by atoms with Crippen molar-refractivity contribution in [3.8, 4) is 0 Å². The molecule has 2 aromatic carbocycles. The smallest absolute Gasteiger partial charge is 0.253 e. The van der Waals surface area contributed by atoms with Crippen LogP contribution in [0.5, 0.6) is 0 Å². The fourth-order valence-electron chi connectivity index (χ4n) is 5.10. The van der Waals surface area contributed by atoms with Crippen molar-refractivity contribution in [3.05, 3.63) is 71.3 Å². The second-order valence-corrected chi connectivity index (χ2v) is 8.66. The molecular formula is C24H30N2O2. The molecule has 4 rings (SSSR count). The first-order valence-corrected chi connectivity index (χ1v) is 10.3. The van der Waals surface area contributed by atoms with Crippen molar-refractivity contribution in [1.29, 1.82) is 0 Å². The zero-order valence-corrected chi connectivity index (χ0v) is 16.7. The van der Waals surface area contributed by atoms with Crippen molar-refractivity contribution in [3.63, 3.8) is 0 Å². The van der Waals surface area contributed by atoms with Crippen molar-refractivity contribution in [2.45, 2.75) is 31.8 Å². The lowest BCUT2D eigenvalue weighted by Gasteiger charge is -2.49. The highest BCUT2D eigenvalue weighted by atomic mass is 16.3. The van der Waals surface area contributed by atoms with Crippen LogP contribution in [0.1, 0.15) is 46.7 Å². The molecule has 28 heavy (non-hydrogen) atoms. The number of likely N-dealkylation sites (tertiary alicyclic amines) is 2. The van der Waals surface area contributed by atoms with Gasteiger partial charge in [-0.05, 0) is 60.9 Å². The number of nitrogens with zero attached hydrogens (tertiary/aromatic N) is 2. The summed E-state index contributed by atoms with van der Waals surface area (Å²) in [5.41, 5.74) is 3.31. The zero-order valence-electron chi connectivity index (χ0n) is 16.7. The molecule has 148 valence electrons. The van der Waals surface area contributed by atoms with Crippen LogP contribution in [0.15, 0.2) is 54.6 Å². The molecule has 2 saturated heterocycles. The third kappa shape index (κ3) is 3.98. The topological polar surface area (TPSA) is 43.8 Å². The molecular weight excluding hydrogens is 348 g/mol. The molecule has 1 atom stereocenters. The number of rotatable bonds is 3. The minimum Gasteiger partial charge on any atom is -0.392 e. The van der Waals surface area contributed by atoms with Gasteiger partial charge >= 0.3 is 0 Å². The average molecular weight is 379 g/mol. The van der Waals surface area contributed by atoms with Crippen LogP contribution in [0.4, 0.5) is 0 Å². The van der Waals surface area contributed by atoms with Crippen molar-refractivity contribution in [2.24, 2.45) is 5.41 Å². The van der Waals surface area contributed by atoms with Crippen LogP contribution in [0, 0.1) is 5.41 Å². The standard InChI is InChI=1S/C24H30N2O2/c1-25-16-22(20-5-3-2-4-6-20)15-24(18-25)11-13-26(14-12-24)23(28)21-9-7-19(17-27)8-10-21/h2-10,22,27H,11-18H2,1H3/t22-/m0/s1. The summed E-state index contributed by atoms with van der Waals surface area (Å²) in [5, 5.41) is 9.18. The van der Waals surface area contributed by atoms with Crippen LogP contribution in [-0.4, -0.2) is 54.0 Å². The van der Waals surface area contributed by atoms with E-state index in [4.69, 9.17) is 0 Å². The molecule has 1 spiro atoms. The molecule has 2 heterocycles. The maximum Gasteiger partial charge on any atom is 0.253 e. The molecule has 1 N–H and O–H groups in total. The van der Waals surface area contributed by atoms with Gasteiger partial charge in [0.15, 0.2) is 0 Å². The highest BCUT2D eigenvalue weighted by Crippen LogP contribution is 2.44. The quantitative estimate of drug-likeness (QED) is 0.889. The van der Waals surface area contributed by atoms with Gasteiger partial charge in [0, 0.05) is 31.7 Å². The third-order valence-electron chi connectivity index (χ3n) is 6.58. The van der Waals surface area contributed by atoms with Gasteiger partial charge in [0.25, 0.3) is 5.91 Å². The zero-order chi connectivity index (χ0) is 19.6. The highest BCUT2D eigenvalue weighted by molar-refractivity contribution is 5.94. The monoisotopic (exact) mass is 378 g/mol. The van der Waals surface area contributed by atoms with Crippen molar-refractivity contribution < 1.29 is 9.90 Å². The van der Waals surface area contributed by atoms with Crippen LogP contribution in [0.2, 0.25) is 0 Å². The van der Waals surface area contributed by atoms with Crippen LogP contribution in [0.25, 0.3) is 0 Å². The van der Waals surface area contributed by atoms with Crippen LogP contribution in [0.3, 0.4) is 0 Å². The van der Waals surface area contributed by atoms with Gasteiger partial charge in [-0.3, -0.25) is 4.79 Å². The molecule has 0 saturated carbocycles. The third-order valence-corrected chi connectivity index (χ3v) is 6.58. The summed E-state index contributed by atoms with van der Waals surface area (Å²) in [7, 11) is 2.23. The molecule has 2 aliphatic heterocycles. The lowest BCUT2D eigenvalue weighted by molar-refractivity contribution is 0.0224. The van der Waals surface area contributed by atoms with Crippen molar-refractivity contribution in [2.75, 3.05) is 33.2 Å². The number of amides is 1. The SMILES string of the molecule is CN1C[C@@H](c2ccccc2)CC2(CCN(C(=O)c3ccc(CO)cc3)CC2)C1. The van der Waals surface area contributed by atoms with E-state index in [1.54, 1.807) is 0 Å². The van der Waals surface area contributed by atoms with Crippen LogP contribution in [-0.2, 0) is 6.61 Å². The summed E-state index contributed by atoms with van der Waals surface area (Å²) in [6.45, 7) is 3.91. The molecule has 4 heteroatoms. The van der Waals surface area contributed by atoms with Gasteiger partial charge in [-0.25, -0.2) is 0 Å². The van der Waals surface area contributed by atoms with Gasteiger partial charge in [0.05, 0.1) is 6.61 Å². The van der Waals surface area contributed by atoms with Gasteiger partial charge in [0.2, 0.25) is 0 Å². The Morgan fingerprint density at radius 3 is 2.39 bits per heavy atom. The van der Waals surface area contributed by atoms with Crippen molar-refractivity contribution >= 4 is 5.91 Å². The molecule has 0 aromatic heterocycles. The number of aliphatic hydroxyl groups excluding tert-OH is 1. The summed E-state index contributed by atoms with van der Waals surface area (Å²) in [4.78, 5) is 17.4. The number of carbonyl (C=O) groups excluding carboxylic acids is 1. The summed E-state index contributed by atoms with van der Waals surface area (Å²) < 4.78 is 0. The van der Waals surface area contributed by atoms with E-state index in [9.17, 15) is 9.90 Å². The summed E-state index contributed by atoms with van der Waals surface area (Å²) >= 11 is 0. The molecule has 0 aliphatic carbocycles. The van der Waals surface area contributed by atoms with E-state index >= 15 is 0 Å². The minimum absolute atomic E-state index is 0.0107. The maximum atomic E-state index is 12.9. The Kier molecular flexibility index (Phi) is 5.51. The first-order chi connectivity index (χ1) is 13.6.